The van der Waals surface area contributed by atoms with E-state index >= 15 is 0 Å². The fourth-order valence-electron chi connectivity index (χ4n) is 1.60. The largest absolute Gasteiger partial charge is 0.396 e. The number of carbonyl (C=O) groups excluding carboxylic acids is 1. The number of nitriles is 1. The van der Waals surface area contributed by atoms with Crippen molar-refractivity contribution in [3.8, 4) is 6.07 Å². The molecule has 1 rings (SSSR count). The van der Waals surface area contributed by atoms with Gasteiger partial charge in [-0.3, -0.25) is 4.79 Å². The molecule has 1 aromatic rings. The van der Waals surface area contributed by atoms with Crippen LogP contribution in [0.1, 0.15) is 30.9 Å². The highest BCUT2D eigenvalue weighted by Gasteiger charge is 2.03. The van der Waals surface area contributed by atoms with Crippen molar-refractivity contribution < 1.29 is 9.90 Å². The Labute approximate surface area is 113 Å². The van der Waals surface area contributed by atoms with Gasteiger partial charge in [0, 0.05) is 18.7 Å². The molecule has 0 saturated carbocycles. The molecule has 4 heteroatoms. The van der Waals surface area contributed by atoms with E-state index in [-0.39, 0.29) is 18.6 Å². The predicted octanol–water partition coefficient (Wildman–Crippen LogP) is 1.85. The molecular formula is C15H18N2O2. The summed E-state index contributed by atoms with van der Waals surface area (Å²) in [5.74, 6) is -0.158. The number of aliphatic hydroxyl groups is 1. The molecule has 0 fully saturated rings. The summed E-state index contributed by atoms with van der Waals surface area (Å²) in [5, 5.41) is 20.2. The Morgan fingerprint density at radius 3 is 2.74 bits per heavy atom. The van der Waals surface area contributed by atoms with Crippen LogP contribution in [0.5, 0.6) is 0 Å². The Bertz CT molecular complexity index is 472. The van der Waals surface area contributed by atoms with E-state index in [1.165, 1.54) is 6.08 Å². The van der Waals surface area contributed by atoms with Gasteiger partial charge in [0.15, 0.2) is 0 Å². The molecule has 19 heavy (non-hydrogen) atoms. The quantitative estimate of drug-likeness (QED) is 0.765. The number of amides is 1. The van der Waals surface area contributed by atoms with Gasteiger partial charge in [-0.05, 0) is 43.5 Å². The van der Waals surface area contributed by atoms with Gasteiger partial charge < -0.3 is 10.4 Å². The molecule has 1 aromatic carbocycles. The van der Waals surface area contributed by atoms with Crippen molar-refractivity contribution >= 4 is 12.0 Å². The monoisotopic (exact) mass is 258 g/mol. The van der Waals surface area contributed by atoms with Crippen molar-refractivity contribution in [3.63, 3.8) is 0 Å². The minimum Gasteiger partial charge on any atom is -0.396 e. The lowest BCUT2D eigenvalue weighted by Crippen LogP contribution is -2.31. The van der Waals surface area contributed by atoms with Crippen LogP contribution in [0.15, 0.2) is 30.3 Å². The smallest absolute Gasteiger partial charge is 0.244 e. The second-order valence-corrected chi connectivity index (χ2v) is 4.34. The van der Waals surface area contributed by atoms with E-state index in [0.717, 1.165) is 12.0 Å². The van der Waals surface area contributed by atoms with E-state index in [9.17, 15) is 4.79 Å². The molecule has 2 N–H and O–H groups in total. The molecule has 0 bridgehead atoms. The minimum absolute atomic E-state index is 0.0465. The van der Waals surface area contributed by atoms with E-state index in [0.29, 0.717) is 12.0 Å². The summed E-state index contributed by atoms with van der Waals surface area (Å²) in [6, 6.07) is 9.09. The summed E-state index contributed by atoms with van der Waals surface area (Å²) in [7, 11) is 0. The topological polar surface area (TPSA) is 73.1 Å². The van der Waals surface area contributed by atoms with Crippen LogP contribution in [-0.2, 0) is 4.79 Å². The van der Waals surface area contributed by atoms with E-state index in [1.807, 2.05) is 13.0 Å². The third-order valence-corrected chi connectivity index (χ3v) is 2.65. The molecule has 0 heterocycles. The molecule has 0 spiro atoms. The van der Waals surface area contributed by atoms with Gasteiger partial charge in [0.1, 0.15) is 0 Å². The first kappa shape index (κ1) is 14.9. The van der Waals surface area contributed by atoms with Crippen LogP contribution in [-0.4, -0.2) is 23.7 Å². The molecule has 0 aliphatic rings. The maximum atomic E-state index is 11.6. The number of hydrogen-bond acceptors (Lipinski definition) is 3. The predicted molar refractivity (Wildman–Crippen MR) is 74.1 cm³/mol. The molecule has 1 unspecified atom stereocenters. The number of hydrogen-bond donors (Lipinski definition) is 2. The maximum Gasteiger partial charge on any atom is 0.244 e. The summed E-state index contributed by atoms with van der Waals surface area (Å²) in [5.41, 5.74) is 1.47. The van der Waals surface area contributed by atoms with Gasteiger partial charge in [0.2, 0.25) is 5.91 Å². The number of nitrogens with zero attached hydrogens (tertiary/aromatic N) is 1. The van der Waals surface area contributed by atoms with Crippen LogP contribution in [0.25, 0.3) is 6.08 Å². The first-order valence-corrected chi connectivity index (χ1v) is 6.25. The molecular weight excluding hydrogens is 240 g/mol. The summed E-state index contributed by atoms with van der Waals surface area (Å²) < 4.78 is 0. The standard InChI is InChI=1S/C15H18N2O2/c1-12(3-2-10-18)17-15(19)9-8-13-4-6-14(11-16)7-5-13/h4-9,12,18H,2-3,10H2,1H3,(H,17,19). The highest BCUT2D eigenvalue weighted by molar-refractivity contribution is 5.91. The van der Waals surface area contributed by atoms with Gasteiger partial charge in [-0.2, -0.15) is 5.26 Å². The fourth-order valence-corrected chi connectivity index (χ4v) is 1.60. The molecule has 0 aliphatic heterocycles. The van der Waals surface area contributed by atoms with Gasteiger partial charge >= 0.3 is 0 Å². The second kappa shape index (κ2) is 8.06. The lowest BCUT2D eigenvalue weighted by Gasteiger charge is -2.10. The molecule has 4 nitrogen and oxygen atoms in total. The molecule has 1 atom stereocenters. The number of benzene rings is 1. The van der Waals surface area contributed by atoms with Crippen molar-refractivity contribution in [2.24, 2.45) is 0 Å². The summed E-state index contributed by atoms with van der Waals surface area (Å²) in [4.78, 5) is 11.6. The minimum atomic E-state index is -0.158. The van der Waals surface area contributed by atoms with Crippen LogP contribution < -0.4 is 5.32 Å². The van der Waals surface area contributed by atoms with Crippen molar-refractivity contribution in [3.05, 3.63) is 41.5 Å². The molecule has 0 saturated heterocycles. The Balaban J connectivity index is 2.46. The Kier molecular flexibility index (Phi) is 6.34. The van der Waals surface area contributed by atoms with E-state index in [1.54, 1.807) is 30.3 Å². The molecule has 1 amide bonds. The zero-order valence-electron chi connectivity index (χ0n) is 11.0. The van der Waals surface area contributed by atoms with E-state index in [2.05, 4.69) is 5.32 Å². The maximum absolute atomic E-state index is 11.6. The van der Waals surface area contributed by atoms with Crippen LogP contribution in [0.2, 0.25) is 0 Å². The van der Waals surface area contributed by atoms with Crippen LogP contribution in [0, 0.1) is 11.3 Å². The SMILES string of the molecule is CC(CCCO)NC(=O)C=Cc1ccc(C#N)cc1. The third-order valence-electron chi connectivity index (χ3n) is 2.65. The lowest BCUT2D eigenvalue weighted by molar-refractivity contribution is -0.117. The van der Waals surface area contributed by atoms with E-state index < -0.39 is 0 Å². The number of rotatable bonds is 6. The van der Waals surface area contributed by atoms with Gasteiger partial charge in [-0.1, -0.05) is 12.1 Å². The zero-order chi connectivity index (χ0) is 14.1. The summed E-state index contributed by atoms with van der Waals surface area (Å²) in [6.07, 6.45) is 4.61. The lowest BCUT2D eigenvalue weighted by atomic mass is 10.1. The van der Waals surface area contributed by atoms with Crippen molar-refractivity contribution in [1.29, 1.82) is 5.26 Å². The van der Waals surface area contributed by atoms with Gasteiger partial charge in [-0.25, -0.2) is 0 Å². The highest BCUT2D eigenvalue weighted by atomic mass is 16.2. The zero-order valence-corrected chi connectivity index (χ0v) is 11.0. The summed E-state index contributed by atoms with van der Waals surface area (Å²) >= 11 is 0. The summed E-state index contributed by atoms with van der Waals surface area (Å²) in [6.45, 7) is 2.05. The van der Waals surface area contributed by atoms with Gasteiger partial charge in [0.05, 0.1) is 11.6 Å². The average Bonchev–Trinajstić information content (AvgIpc) is 2.43. The first-order valence-electron chi connectivity index (χ1n) is 6.25. The van der Waals surface area contributed by atoms with Crippen LogP contribution in [0.3, 0.4) is 0 Å². The van der Waals surface area contributed by atoms with Crippen molar-refractivity contribution in [2.75, 3.05) is 6.61 Å². The number of carbonyl (C=O) groups is 1. The van der Waals surface area contributed by atoms with Crippen molar-refractivity contribution in [1.82, 2.24) is 5.32 Å². The number of nitrogens with one attached hydrogen (secondary N) is 1. The number of aliphatic hydroxyl groups excluding tert-OH is 1. The van der Waals surface area contributed by atoms with E-state index in [4.69, 9.17) is 10.4 Å². The highest BCUT2D eigenvalue weighted by Crippen LogP contribution is 2.05. The first-order chi connectivity index (χ1) is 9.15. The molecule has 100 valence electrons. The average molecular weight is 258 g/mol. The molecule has 0 radical (unpaired) electrons. The van der Waals surface area contributed by atoms with Crippen LogP contribution in [0.4, 0.5) is 0 Å². The fraction of sp³-hybridized carbons (Fsp3) is 0.333. The molecule has 0 aromatic heterocycles. The Morgan fingerprint density at radius 1 is 1.47 bits per heavy atom. The molecule has 0 aliphatic carbocycles. The van der Waals surface area contributed by atoms with Gasteiger partial charge in [-0.15, -0.1) is 0 Å². The van der Waals surface area contributed by atoms with Gasteiger partial charge in [0.25, 0.3) is 0 Å². The Morgan fingerprint density at radius 2 is 2.16 bits per heavy atom. The van der Waals surface area contributed by atoms with Crippen molar-refractivity contribution in [2.45, 2.75) is 25.8 Å². The second-order valence-electron chi connectivity index (χ2n) is 4.34. The third kappa shape index (κ3) is 5.84. The van der Waals surface area contributed by atoms with Crippen LogP contribution >= 0.6 is 0 Å². The normalized spacial score (nSPS) is 12.1. The Hall–Kier alpha value is -2.12.